The van der Waals surface area contributed by atoms with Crippen LogP contribution in [0.2, 0.25) is 0 Å². The molecule has 0 saturated carbocycles. The largest absolute Gasteiger partial charge is 0.337 e. The Bertz CT molecular complexity index is 968. The molecule has 1 aromatic carbocycles. The van der Waals surface area contributed by atoms with Gasteiger partial charge < -0.3 is 15.1 Å². The fraction of sp³-hybridized carbons (Fsp3) is 0.565. The molecule has 1 unspecified atom stereocenters. The molecule has 3 aliphatic heterocycles. The summed E-state index contributed by atoms with van der Waals surface area (Å²) in [5.41, 5.74) is 1.52. The van der Waals surface area contributed by atoms with Crippen molar-refractivity contribution < 1.29 is 19.2 Å². The summed E-state index contributed by atoms with van der Waals surface area (Å²) in [6, 6.07) is 4.50. The molecule has 0 bridgehead atoms. The normalized spacial score (nSPS) is 25.2. The molecule has 8 heteroatoms. The van der Waals surface area contributed by atoms with E-state index in [0.29, 0.717) is 30.6 Å². The van der Waals surface area contributed by atoms with Crippen LogP contribution in [0.1, 0.15) is 73.2 Å². The highest BCUT2D eigenvalue weighted by atomic mass is 16.2. The molecule has 3 aliphatic rings. The number of benzene rings is 1. The van der Waals surface area contributed by atoms with E-state index in [1.165, 1.54) is 4.90 Å². The molecule has 1 atom stereocenters. The molecular formula is C23H30N4O4. The van der Waals surface area contributed by atoms with Gasteiger partial charge in [-0.15, -0.1) is 0 Å². The Hall–Kier alpha value is -2.74. The van der Waals surface area contributed by atoms with Gasteiger partial charge in [0.25, 0.3) is 11.8 Å². The molecule has 0 spiro atoms. The maximum absolute atomic E-state index is 13.3. The lowest BCUT2D eigenvalue weighted by Gasteiger charge is -2.34. The van der Waals surface area contributed by atoms with Crippen molar-refractivity contribution in [3.63, 3.8) is 0 Å². The fourth-order valence-electron chi connectivity index (χ4n) is 5.05. The minimum Gasteiger partial charge on any atom is -0.337 e. The summed E-state index contributed by atoms with van der Waals surface area (Å²) in [5, 5.41) is 5.93. The minimum absolute atomic E-state index is 0.0534. The van der Waals surface area contributed by atoms with Gasteiger partial charge in [0, 0.05) is 48.3 Å². The molecule has 2 N–H and O–H groups in total. The monoisotopic (exact) mass is 426 g/mol. The summed E-state index contributed by atoms with van der Waals surface area (Å²) >= 11 is 0. The summed E-state index contributed by atoms with van der Waals surface area (Å²) < 4.78 is 0. The Morgan fingerprint density at radius 2 is 1.84 bits per heavy atom. The number of amides is 4. The van der Waals surface area contributed by atoms with Crippen molar-refractivity contribution in [3.05, 3.63) is 34.9 Å². The average molecular weight is 427 g/mol. The van der Waals surface area contributed by atoms with Crippen LogP contribution in [0.5, 0.6) is 0 Å². The predicted molar refractivity (Wildman–Crippen MR) is 114 cm³/mol. The molecule has 166 valence electrons. The molecule has 4 rings (SSSR count). The number of fused-ring (bicyclic) bond motifs is 1. The second-order valence-electron chi connectivity index (χ2n) is 10.1. The van der Waals surface area contributed by atoms with Gasteiger partial charge in [-0.05, 0) is 64.3 Å². The van der Waals surface area contributed by atoms with Gasteiger partial charge in [-0.1, -0.05) is 0 Å². The van der Waals surface area contributed by atoms with Crippen molar-refractivity contribution in [3.8, 4) is 0 Å². The molecule has 1 aromatic rings. The van der Waals surface area contributed by atoms with Crippen LogP contribution in [0.15, 0.2) is 18.2 Å². The predicted octanol–water partition coefficient (Wildman–Crippen LogP) is 1.44. The average Bonchev–Trinajstić information content (AvgIpc) is 2.93. The van der Waals surface area contributed by atoms with E-state index in [4.69, 9.17) is 0 Å². The van der Waals surface area contributed by atoms with Gasteiger partial charge in [-0.3, -0.25) is 24.5 Å². The minimum atomic E-state index is -0.656. The van der Waals surface area contributed by atoms with Crippen molar-refractivity contribution in [2.45, 2.75) is 70.6 Å². The third kappa shape index (κ3) is 4.21. The highest BCUT2D eigenvalue weighted by molar-refractivity contribution is 6.06. The first kappa shape index (κ1) is 21.5. The first-order chi connectivity index (χ1) is 14.5. The van der Waals surface area contributed by atoms with Crippen molar-refractivity contribution >= 4 is 23.6 Å². The molecule has 2 fully saturated rings. The van der Waals surface area contributed by atoms with Crippen LogP contribution in [0.4, 0.5) is 0 Å². The molecule has 8 nitrogen and oxygen atoms in total. The zero-order valence-electron chi connectivity index (χ0n) is 18.6. The number of hydrogen-bond donors (Lipinski definition) is 2. The Labute approximate surface area is 182 Å². The molecule has 2 saturated heterocycles. The number of carbonyl (C=O) groups is 4. The van der Waals surface area contributed by atoms with Crippen molar-refractivity contribution in [2.75, 3.05) is 13.1 Å². The molecule has 4 amide bonds. The highest BCUT2D eigenvalue weighted by Crippen LogP contribution is 2.29. The lowest BCUT2D eigenvalue weighted by molar-refractivity contribution is -0.136. The molecule has 0 aliphatic carbocycles. The van der Waals surface area contributed by atoms with E-state index in [2.05, 4.69) is 38.3 Å². The topological polar surface area (TPSA) is 98.8 Å². The summed E-state index contributed by atoms with van der Waals surface area (Å²) in [6.45, 7) is 10.00. The zero-order chi connectivity index (χ0) is 22.6. The number of rotatable bonds is 2. The first-order valence-electron chi connectivity index (χ1n) is 10.8. The second-order valence-corrected chi connectivity index (χ2v) is 10.1. The van der Waals surface area contributed by atoms with E-state index in [-0.39, 0.29) is 41.8 Å². The van der Waals surface area contributed by atoms with Crippen LogP contribution < -0.4 is 10.6 Å². The number of hydrogen-bond acceptors (Lipinski definition) is 5. The third-order valence-electron chi connectivity index (χ3n) is 6.33. The summed E-state index contributed by atoms with van der Waals surface area (Å²) in [4.78, 5) is 53.2. The molecule has 0 aromatic heterocycles. The van der Waals surface area contributed by atoms with Gasteiger partial charge in [-0.2, -0.15) is 0 Å². The number of piperidine rings is 1. The highest BCUT2D eigenvalue weighted by Gasteiger charge is 2.40. The van der Waals surface area contributed by atoms with Gasteiger partial charge in [0.05, 0.1) is 0 Å². The summed E-state index contributed by atoms with van der Waals surface area (Å²) in [7, 11) is 0. The Kier molecular flexibility index (Phi) is 5.16. The van der Waals surface area contributed by atoms with Crippen molar-refractivity contribution in [2.24, 2.45) is 0 Å². The fourth-order valence-corrected chi connectivity index (χ4v) is 5.05. The molecule has 3 heterocycles. The van der Waals surface area contributed by atoms with Gasteiger partial charge in [0.1, 0.15) is 6.04 Å². The van der Waals surface area contributed by atoms with E-state index in [1.54, 1.807) is 18.2 Å². The maximum Gasteiger partial charge on any atom is 0.255 e. The Morgan fingerprint density at radius 3 is 2.55 bits per heavy atom. The number of nitrogens with zero attached hydrogens (tertiary/aromatic N) is 2. The van der Waals surface area contributed by atoms with E-state index in [0.717, 1.165) is 12.0 Å². The van der Waals surface area contributed by atoms with E-state index >= 15 is 0 Å². The Balaban J connectivity index is 1.54. The smallest absolute Gasteiger partial charge is 0.255 e. The van der Waals surface area contributed by atoms with Gasteiger partial charge >= 0.3 is 0 Å². The van der Waals surface area contributed by atoms with Crippen LogP contribution in [-0.4, -0.2) is 63.6 Å². The van der Waals surface area contributed by atoms with E-state index in [1.807, 2.05) is 4.90 Å². The molecule has 0 radical (unpaired) electrons. The maximum atomic E-state index is 13.3. The third-order valence-corrected chi connectivity index (χ3v) is 6.33. The van der Waals surface area contributed by atoms with Crippen LogP contribution in [0.25, 0.3) is 0 Å². The lowest BCUT2D eigenvalue weighted by Crippen LogP contribution is -2.54. The standard InChI is InChI=1S/C23H30N4O4/c1-22(2)9-10-26(13-23(3,4)25-22)20(30)14-5-6-16-15(11-14)12-27(21(16)31)17-7-8-18(28)24-19(17)29/h5-6,11,17,25H,7-10,12-13H2,1-4H3,(H,24,28,29). The Morgan fingerprint density at radius 1 is 1.10 bits per heavy atom. The molecule has 31 heavy (non-hydrogen) atoms. The SMILES string of the molecule is CC1(C)CCN(C(=O)c2ccc3c(c2)CN(C2CCC(=O)NC2=O)C3=O)CC(C)(C)N1. The van der Waals surface area contributed by atoms with Crippen molar-refractivity contribution in [1.29, 1.82) is 0 Å². The van der Waals surface area contributed by atoms with Crippen molar-refractivity contribution in [1.82, 2.24) is 20.4 Å². The zero-order valence-corrected chi connectivity index (χ0v) is 18.6. The number of carbonyl (C=O) groups excluding carboxylic acids is 4. The molecular weight excluding hydrogens is 396 g/mol. The van der Waals surface area contributed by atoms with Gasteiger partial charge in [-0.25, -0.2) is 0 Å². The van der Waals surface area contributed by atoms with E-state index < -0.39 is 11.9 Å². The quantitative estimate of drug-likeness (QED) is 0.698. The van der Waals surface area contributed by atoms with Crippen LogP contribution in [-0.2, 0) is 16.1 Å². The van der Waals surface area contributed by atoms with Crippen LogP contribution in [0.3, 0.4) is 0 Å². The summed E-state index contributed by atoms with van der Waals surface area (Å²) in [6.07, 6.45) is 1.38. The van der Waals surface area contributed by atoms with Gasteiger partial charge in [0.2, 0.25) is 11.8 Å². The lowest BCUT2D eigenvalue weighted by atomic mass is 9.96. The summed E-state index contributed by atoms with van der Waals surface area (Å²) in [5.74, 6) is -1.03. The van der Waals surface area contributed by atoms with Gasteiger partial charge in [0.15, 0.2) is 0 Å². The second kappa shape index (κ2) is 7.44. The van der Waals surface area contributed by atoms with Crippen LogP contribution >= 0.6 is 0 Å². The number of nitrogens with one attached hydrogen (secondary N) is 2. The van der Waals surface area contributed by atoms with E-state index in [9.17, 15) is 19.2 Å². The van der Waals surface area contributed by atoms with Crippen LogP contribution in [0, 0.1) is 0 Å². The first-order valence-corrected chi connectivity index (χ1v) is 10.8. The number of imide groups is 1.